The number of hydrogen-bond donors (Lipinski definition) is 2. The monoisotopic (exact) mass is 279 g/mol. The maximum absolute atomic E-state index is 12.8. The van der Waals surface area contributed by atoms with Crippen LogP contribution >= 0.6 is 0 Å². The zero-order valence-electron chi connectivity index (χ0n) is 10.6. The van der Waals surface area contributed by atoms with E-state index in [2.05, 4.69) is 20.8 Å². The molecular weight excluding hydrogens is 265 g/mol. The zero-order chi connectivity index (χ0) is 14.4. The van der Waals surface area contributed by atoms with Gasteiger partial charge in [0, 0.05) is 6.42 Å². The Bertz CT molecular complexity index is 543. The Morgan fingerprint density at radius 2 is 2.15 bits per heavy atom. The highest BCUT2D eigenvalue weighted by Gasteiger charge is 2.13. The number of aromatic nitrogens is 4. The molecule has 1 aromatic heterocycles. The van der Waals surface area contributed by atoms with E-state index in [4.69, 9.17) is 0 Å². The van der Waals surface area contributed by atoms with Gasteiger partial charge in [0.15, 0.2) is 0 Å². The Morgan fingerprint density at radius 1 is 1.40 bits per heavy atom. The summed E-state index contributed by atoms with van der Waals surface area (Å²) >= 11 is 0. The van der Waals surface area contributed by atoms with Gasteiger partial charge in [-0.2, -0.15) is 0 Å². The molecule has 1 atom stereocenters. The Kier molecular flexibility index (Phi) is 4.72. The van der Waals surface area contributed by atoms with E-state index >= 15 is 0 Å². The number of aryl methyl sites for hydroxylation is 1. The van der Waals surface area contributed by atoms with Crippen molar-refractivity contribution < 1.29 is 14.3 Å². The van der Waals surface area contributed by atoms with Gasteiger partial charge in [0.05, 0.1) is 19.2 Å². The maximum Gasteiger partial charge on any atom is 0.222 e. The van der Waals surface area contributed by atoms with Gasteiger partial charge < -0.3 is 10.4 Å². The lowest BCUT2D eigenvalue weighted by Gasteiger charge is -2.16. The van der Waals surface area contributed by atoms with Crippen LogP contribution in [0.4, 0.5) is 4.39 Å². The molecular formula is C12H14FN5O2. The molecule has 1 heterocycles. The fourth-order valence-corrected chi connectivity index (χ4v) is 1.69. The van der Waals surface area contributed by atoms with Crippen LogP contribution in [0, 0.1) is 5.82 Å². The summed E-state index contributed by atoms with van der Waals surface area (Å²) in [6.07, 6.45) is 1.60. The lowest BCUT2D eigenvalue weighted by atomic mass is 10.1. The van der Waals surface area contributed by atoms with Crippen LogP contribution < -0.4 is 5.32 Å². The van der Waals surface area contributed by atoms with E-state index in [0.29, 0.717) is 12.1 Å². The van der Waals surface area contributed by atoms with Crippen LogP contribution in [0.3, 0.4) is 0 Å². The number of carbonyl (C=O) groups is 1. The summed E-state index contributed by atoms with van der Waals surface area (Å²) in [4.78, 5) is 11.8. The molecule has 2 N–H and O–H groups in total. The molecule has 0 bridgehead atoms. The second-order valence-corrected chi connectivity index (χ2v) is 4.18. The number of nitrogens with zero attached hydrogens (tertiary/aromatic N) is 4. The standard InChI is InChI=1S/C12H14FN5O2/c13-10-3-1-9(2-4-10)11(7-19)15-12(20)5-6-18-8-14-16-17-18/h1-4,8,11,19H,5-7H2,(H,15,20)/t11-/m0/s1. The third kappa shape index (κ3) is 3.82. The van der Waals surface area contributed by atoms with Crippen molar-refractivity contribution in [2.45, 2.75) is 19.0 Å². The summed E-state index contributed by atoms with van der Waals surface area (Å²) in [6.45, 7) is 0.0860. The van der Waals surface area contributed by atoms with E-state index in [1.54, 1.807) is 0 Å². The first-order chi connectivity index (χ1) is 9.69. The van der Waals surface area contributed by atoms with Gasteiger partial charge >= 0.3 is 0 Å². The molecule has 0 spiro atoms. The van der Waals surface area contributed by atoms with Gasteiger partial charge in [-0.1, -0.05) is 12.1 Å². The van der Waals surface area contributed by atoms with Crippen molar-refractivity contribution in [2.75, 3.05) is 6.61 Å². The third-order valence-corrected chi connectivity index (χ3v) is 2.75. The van der Waals surface area contributed by atoms with Gasteiger partial charge in [0.25, 0.3) is 0 Å². The lowest BCUT2D eigenvalue weighted by Crippen LogP contribution is -2.31. The van der Waals surface area contributed by atoms with Crippen LogP contribution in [0.25, 0.3) is 0 Å². The Labute approximate surface area is 114 Å². The van der Waals surface area contributed by atoms with Gasteiger partial charge in [-0.25, -0.2) is 9.07 Å². The smallest absolute Gasteiger partial charge is 0.222 e. The molecule has 0 radical (unpaired) electrons. The Hall–Kier alpha value is -2.35. The summed E-state index contributed by atoms with van der Waals surface area (Å²) in [6, 6.07) is 5.06. The minimum absolute atomic E-state index is 0.183. The molecule has 1 aromatic carbocycles. The van der Waals surface area contributed by atoms with Crippen LogP contribution in [0.1, 0.15) is 18.0 Å². The molecule has 0 saturated carbocycles. The van der Waals surface area contributed by atoms with Crippen molar-refractivity contribution in [2.24, 2.45) is 0 Å². The minimum atomic E-state index is -0.558. The molecule has 0 unspecified atom stereocenters. The van der Waals surface area contributed by atoms with E-state index in [1.165, 1.54) is 35.3 Å². The van der Waals surface area contributed by atoms with E-state index < -0.39 is 6.04 Å². The predicted molar refractivity (Wildman–Crippen MR) is 66.8 cm³/mol. The topological polar surface area (TPSA) is 92.9 Å². The molecule has 0 saturated heterocycles. The second-order valence-electron chi connectivity index (χ2n) is 4.18. The highest BCUT2D eigenvalue weighted by atomic mass is 19.1. The molecule has 20 heavy (non-hydrogen) atoms. The second kappa shape index (κ2) is 6.71. The van der Waals surface area contributed by atoms with Crippen molar-refractivity contribution >= 4 is 5.91 Å². The van der Waals surface area contributed by atoms with E-state index in [9.17, 15) is 14.3 Å². The van der Waals surface area contributed by atoms with Crippen molar-refractivity contribution in [3.05, 3.63) is 42.0 Å². The molecule has 0 aliphatic heterocycles. The van der Waals surface area contributed by atoms with Crippen LogP contribution in [-0.2, 0) is 11.3 Å². The average Bonchev–Trinajstić information content (AvgIpc) is 2.97. The first-order valence-electron chi connectivity index (χ1n) is 6.05. The minimum Gasteiger partial charge on any atom is -0.394 e. The summed E-state index contributed by atoms with van der Waals surface area (Å²) in [7, 11) is 0. The molecule has 0 fully saturated rings. The third-order valence-electron chi connectivity index (χ3n) is 2.75. The highest BCUT2D eigenvalue weighted by molar-refractivity contribution is 5.76. The number of tetrazole rings is 1. The molecule has 2 rings (SSSR count). The van der Waals surface area contributed by atoms with E-state index in [-0.39, 0.29) is 24.8 Å². The average molecular weight is 279 g/mol. The van der Waals surface area contributed by atoms with Crippen LogP contribution in [-0.4, -0.2) is 37.8 Å². The quantitative estimate of drug-likeness (QED) is 0.779. The molecule has 106 valence electrons. The number of benzene rings is 1. The predicted octanol–water partition coefficient (Wildman–Crippen LogP) is 0.0521. The maximum atomic E-state index is 12.8. The highest BCUT2D eigenvalue weighted by Crippen LogP contribution is 2.13. The number of aliphatic hydroxyl groups excluding tert-OH is 1. The fraction of sp³-hybridized carbons (Fsp3) is 0.333. The Balaban J connectivity index is 1.89. The number of rotatable bonds is 6. The first-order valence-corrected chi connectivity index (χ1v) is 6.05. The number of carbonyl (C=O) groups excluding carboxylic acids is 1. The SMILES string of the molecule is O=C(CCn1cnnn1)N[C@@H](CO)c1ccc(F)cc1. The van der Waals surface area contributed by atoms with E-state index in [0.717, 1.165) is 0 Å². The fourth-order valence-electron chi connectivity index (χ4n) is 1.69. The Morgan fingerprint density at radius 3 is 2.75 bits per heavy atom. The molecule has 7 nitrogen and oxygen atoms in total. The largest absolute Gasteiger partial charge is 0.394 e. The van der Waals surface area contributed by atoms with Crippen molar-refractivity contribution in [3.8, 4) is 0 Å². The summed E-state index contributed by atoms with van der Waals surface area (Å²) in [5.41, 5.74) is 0.643. The zero-order valence-corrected chi connectivity index (χ0v) is 10.6. The summed E-state index contributed by atoms with van der Waals surface area (Å²) < 4.78 is 14.3. The van der Waals surface area contributed by atoms with Crippen LogP contribution in [0.2, 0.25) is 0 Å². The van der Waals surface area contributed by atoms with Crippen molar-refractivity contribution in [3.63, 3.8) is 0 Å². The number of halogens is 1. The lowest BCUT2D eigenvalue weighted by molar-refractivity contribution is -0.122. The van der Waals surface area contributed by atoms with Gasteiger partial charge in [-0.3, -0.25) is 4.79 Å². The number of hydrogen-bond acceptors (Lipinski definition) is 5. The first kappa shape index (κ1) is 14.1. The van der Waals surface area contributed by atoms with Crippen molar-refractivity contribution in [1.82, 2.24) is 25.5 Å². The van der Waals surface area contributed by atoms with Crippen LogP contribution in [0.5, 0.6) is 0 Å². The van der Waals surface area contributed by atoms with Gasteiger partial charge in [0.2, 0.25) is 5.91 Å². The van der Waals surface area contributed by atoms with Gasteiger partial charge in [-0.15, -0.1) is 5.10 Å². The number of aliphatic hydroxyl groups is 1. The number of amides is 1. The van der Waals surface area contributed by atoms with E-state index in [1.807, 2.05) is 0 Å². The van der Waals surface area contributed by atoms with Gasteiger partial charge in [0.1, 0.15) is 12.1 Å². The van der Waals surface area contributed by atoms with Gasteiger partial charge in [-0.05, 0) is 28.1 Å². The molecule has 2 aromatic rings. The van der Waals surface area contributed by atoms with Crippen LogP contribution in [0.15, 0.2) is 30.6 Å². The summed E-state index contributed by atoms with van der Waals surface area (Å²) in [5.74, 6) is -0.612. The molecule has 1 amide bonds. The molecule has 8 heteroatoms. The van der Waals surface area contributed by atoms with Crippen molar-refractivity contribution in [1.29, 1.82) is 0 Å². The molecule has 0 aliphatic rings. The summed E-state index contributed by atoms with van der Waals surface area (Å²) in [5, 5.41) is 22.5. The number of nitrogens with one attached hydrogen (secondary N) is 1. The normalized spacial score (nSPS) is 12.1. The molecule has 0 aliphatic carbocycles.